The van der Waals surface area contributed by atoms with Gasteiger partial charge in [-0.2, -0.15) is 13.2 Å². The molecule has 0 aliphatic heterocycles. The summed E-state index contributed by atoms with van der Waals surface area (Å²) in [5.74, 6) is -1.34. The first-order valence-electron chi connectivity index (χ1n) is 9.01. The second-order valence-corrected chi connectivity index (χ2v) is 7.84. The number of carbonyl (C=O) groups excluding carboxylic acids is 2. The smallest absolute Gasteiger partial charge is 0.346 e. The van der Waals surface area contributed by atoms with Gasteiger partial charge in [-0.3, -0.25) is 19.7 Å². The lowest BCUT2D eigenvalue weighted by molar-refractivity contribution is -0.388. The Morgan fingerprint density at radius 3 is 2.23 bits per heavy atom. The number of halogens is 3. The third-order valence-electron chi connectivity index (χ3n) is 4.23. The highest BCUT2D eigenvalue weighted by Crippen LogP contribution is 2.36. The van der Waals surface area contributed by atoms with Gasteiger partial charge in [0, 0.05) is 11.8 Å². The molecule has 2 aromatic rings. The molecule has 0 atom stereocenters. The van der Waals surface area contributed by atoms with Crippen LogP contribution in [0.4, 0.5) is 24.5 Å². The van der Waals surface area contributed by atoms with Crippen LogP contribution >= 0.6 is 11.8 Å². The van der Waals surface area contributed by atoms with Gasteiger partial charge in [-0.1, -0.05) is 17.7 Å². The number of rotatable bonds is 7. The molecule has 2 rings (SSSR count). The highest BCUT2D eigenvalue weighted by molar-refractivity contribution is 8.00. The average molecular weight is 455 g/mol. The molecule has 0 aliphatic carbocycles. The van der Waals surface area contributed by atoms with Gasteiger partial charge in [0.1, 0.15) is 0 Å². The Morgan fingerprint density at radius 1 is 1.06 bits per heavy atom. The third kappa shape index (κ3) is 6.71. The van der Waals surface area contributed by atoms with E-state index in [0.717, 1.165) is 22.8 Å². The van der Waals surface area contributed by atoms with Gasteiger partial charge in [0.15, 0.2) is 0 Å². The summed E-state index contributed by atoms with van der Waals surface area (Å²) in [4.78, 5) is 34.2. The number of hydrogen-bond donors (Lipinski definition) is 2. The molecule has 0 aromatic heterocycles. The van der Waals surface area contributed by atoms with E-state index in [2.05, 4.69) is 10.6 Å². The summed E-state index contributed by atoms with van der Waals surface area (Å²) >= 11 is 0.712. The number of nitro groups is 1. The largest absolute Gasteiger partial charge is 0.416 e. The lowest BCUT2D eigenvalue weighted by Crippen LogP contribution is -2.34. The van der Waals surface area contributed by atoms with Gasteiger partial charge >= 0.3 is 6.18 Å². The van der Waals surface area contributed by atoms with Crippen molar-refractivity contribution in [2.75, 3.05) is 17.6 Å². The number of benzene rings is 2. The topological polar surface area (TPSA) is 101 Å². The Labute approximate surface area is 180 Å². The molecule has 11 heteroatoms. The lowest BCUT2D eigenvalue weighted by Gasteiger charge is -2.13. The highest BCUT2D eigenvalue weighted by atomic mass is 32.2. The van der Waals surface area contributed by atoms with Crippen LogP contribution in [0.1, 0.15) is 22.3 Å². The summed E-state index contributed by atoms with van der Waals surface area (Å²) in [6, 6.07) is 5.92. The van der Waals surface area contributed by atoms with Gasteiger partial charge in [0.2, 0.25) is 11.8 Å². The highest BCUT2D eigenvalue weighted by Gasteiger charge is 2.33. The van der Waals surface area contributed by atoms with E-state index in [-0.39, 0.29) is 17.2 Å². The van der Waals surface area contributed by atoms with Crippen molar-refractivity contribution in [2.24, 2.45) is 0 Å². The van der Waals surface area contributed by atoms with Crippen molar-refractivity contribution in [1.82, 2.24) is 5.32 Å². The van der Waals surface area contributed by atoms with E-state index < -0.39 is 34.2 Å². The van der Waals surface area contributed by atoms with E-state index in [1.54, 1.807) is 0 Å². The zero-order chi connectivity index (χ0) is 23.3. The fourth-order valence-electron chi connectivity index (χ4n) is 2.89. The summed E-state index contributed by atoms with van der Waals surface area (Å²) in [5, 5.41) is 16.2. The van der Waals surface area contributed by atoms with Gasteiger partial charge in [0.05, 0.1) is 27.7 Å². The number of hydrogen-bond acceptors (Lipinski definition) is 5. The van der Waals surface area contributed by atoms with Crippen LogP contribution in [0.15, 0.2) is 35.2 Å². The fraction of sp³-hybridized carbons (Fsp3) is 0.300. The van der Waals surface area contributed by atoms with Crippen LogP contribution in [0.3, 0.4) is 0 Å². The predicted octanol–water partition coefficient (Wildman–Crippen LogP) is 4.39. The quantitative estimate of drug-likeness (QED) is 0.366. The number of nitro benzene ring substituents is 1. The van der Waals surface area contributed by atoms with Gasteiger partial charge in [0.25, 0.3) is 5.69 Å². The number of alkyl halides is 3. The van der Waals surface area contributed by atoms with Gasteiger partial charge in [-0.05, 0) is 44.0 Å². The Morgan fingerprint density at radius 2 is 1.68 bits per heavy atom. The number of nitrogens with one attached hydrogen (secondary N) is 2. The molecule has 0 bridgehead atoms. The van der Waals surface area contributed by atoms with Crippen molar-refractivity contribution in [3.63, 3.8) is 0 Å². The van der Waals surface area contributed by atoms with Gasteiger partial charge in [-0.15, -0.1) is 11.8 Å². The fourth-order valence-corrected chi connectivity index (χ4v) is 3.73. The summed E-state index contributed by atoms with van der Waals surface area (Å²) in [6.07, 6.45) is -4.72. The van der Waals surface area contributed by atoms with Crippen molar-refractivity contribution in [1.29, 1.82) is 0 Å². The normalized spacial score (nSPS) is 11.2. The molecule has 0 radical (unpaired) electrons. The van der Waals surface area contributed by atoms with Crippen molar-refractivity contribution in [2.45, 2.75) is 31.8 Å². The van der Waals surface area contributed by atoms with Crippen molar-refractivity contribution >= 4 is 35.0 Å². The van der Waals surface area contributed by atoms with Crippen LogP contribution in [0.5, 0.6) is 0 Å². The van der Waals surface area contributed by atoms with Crippen molar-refractivity contribution in [3.05, 3.63) is 62.7 Å². The third-order valence-corrected chi connectivity index (χ3v) is 5.29. The molecule has 0 unspecified atom stereocenters. The Kier molecular flexibility index (Phi) is 7.66. The first-order chi connectivity index (χ1) is 14.4. The molecule has 0 saturated carbocycles. The van der Waals surface area contributed by atoms with Crippen LogP contribution in [0, 0.1) is 30.9 Å². The minimum Gasteiger partial charge on any atom is -0.346 e. The van der Waals surface area contributed by atoms with Gasteiger partial charge < -0.3 is 10.6 Å². The minimum atomic E-state index is -4.72. The Bertz CT molecular complexity index is 1000. The molecule has 2 aromatic carbocycles. The molecular formula is C20H20F3N3O4S. The SMILES string of the molecule is Cc1cc(C)c(NC(=O)CNC(=O)CSc2ccc(C(F)(F)F)cc2[N+](=O)[O-])c(C)c1. The molecule has 7 nitrogen and oxygen atoms in total. The summed E-state index contributed by atoms with van der Waals surface area (Å²) in [5.41, 5.74) is 1.57. The molecule has 166 valence electrons. The van der Waals surface area contributed by atoms with E-state index in [1.807, 2.05) is 32.9 Å². The van der Waals surface area contributed by atoms with Crippen LogP contribution in [0.2, 0.25) is 0 Å². The molecule has 0 saturated heterocycles. The molecular weight excluding hydrogens is 435 g/mol. The second-order valence-electron chi connectivity index (χ2n) is 6.82. The van der Waals surface area contributed by atoms with Crippen LogP contribution in [0.25, 0.3) is 0 Å². The minimum absolute atomic E-state index is 0.0801. The van der Waals surface area contributed by atoms with E-state index in [1.165, 1.54) is 0 Å². The van der Waals surface area contributed by atoms with E-state index in [4.69, 9.17) is 0 Å². The summed E-state index contributed by atoms with van der Waals surface area (Å²) < 4.78 is 38.2. The average Bonchev–Trinajstić information content (AvgIpc) is 2.66. The first-order valence-corrected chi connectivity index (χ1v) is 10.00. The molecule has 2 amide bonds. The number of aryl methyl sites for hydroxylation is 3. The molecule has 31 heavy (non-hydrogen) atoms. The Balaban J connectivity index is 1.94. The number of thioether (sulfide) groups is 1. The zero-order valence-corrected chi connectivity index (χ0v) is 17.7. The monoisotopic (exact) mass is 455 g/mol. The van der Waals surface area contributed by atoms with Gasteiger partial charge in [-0.25, -0.2) is 0 Å². The number of nitrogens with zero attached hydrogens (tertiary/aromatic N) is 1. The second kappa shape index (κ2) is 9.82. The molecule has 0 spiro atoms. The van der Waals surface area contributed by atoms with Crippen molar-refractivity contribution in [3.8, 4) is 0 Å². The lowest BCUT2D eigenvalue weighted by atomic mass is 10.1. The van der Waals surface area contributed by atoms with Crippen molar-refractivity contribution < 1.29 is 27.7 Å². The Hall–Kier alpha value is -3.08. The number of carbonyl (C=O) groups is 2. The van der Waals surface area contributed by atoms with E-state index >= 15 is 0 Å². The maximum absolute atomic E-state index is 12.7. The van der Waals surface area contributed by atoms with E-state index in [9.17, 15) is 32.9 Å². The van der Waals surface area contributed by atoms with Crippen LogP contribution < -0.4 is 10.6 Å². The molecule has 0 aliphatic rings. The molecule has 2 N–H and O–H groups in total. The maximum atomic E-state index is 12.7. The maximum Gasteiger partial charge on any atom is 0.416 e. The zero-order valence-electron chi connectivity index (χ0n) is 16.9. The molecule has 0 heterocycles. The summed E-state index contributed by atoms with van der Waals surface area (Å²) in [6.45, 7) is 5.31. The van der Waals surface area contributed by atoms with E-state index in [0.29, 0.717) is 29.6 Å². The summed E-state index contributed by atoms with van der Waals surface area (Å²) in [7, 11) is 0. The number of anilines is 1. The predicted molar refractivity (Wildman–Crippen MR) is 111 cm³/mol. The molecule has 0 fully saturated rings. The van der Waals surface area contributed by atoms with Crippen LogP contribution in [-0.2, 0) is 15.8 Å². The van der Waals surface area contributed by atoms with Crippen LogP contribution in [-0.4, -0.2) is 29.0 Å². The number of amides is 2. The first kappa shape index (κ1) is 24.2. The standard InChI is InChI=1S/C20H20F3N3O4S/c1-11-6-12(2)19(13(3)7-11)25-17(27)9-24-18(28)10-31-16-5-4-14(20(21,22)23)8-15(16)26(29)30/h4-8H,9-10H2,1-3H3,(H,24,28)(H,25,27).